The van der Waals surface area contributed by atoms with Crippen LogP contribution >= 0.6 is 11.8 Å². The van der Waals surface area contributed by atoms with Crippen molar-refractivity contribution in [2.24, 2.45) is 5.10 Å². The van der Waals surface area contributed by atoms with Gasteiger partial charge in [-0.2, -0.15) is 5.10 Å². The average molecular weight is 502 g/mol. The summed E-state index contributed by atoms with van der Waals surface area (Å²) in [7, 11) is 2.94. The normalized spacial score (nSPS) is 10.8. The monoisotopic (exact) mass is 501 g/mol. The summed E-state index contributed by atoms with van der Waals surface area (Å²) < 4.78 is 11.8. The van der Waals surface area contributed by atoms with E-state index in [2.05, 4.69) is 25.5 Å². The minimum Gasteiger partial charge on any atom is -0.497 e. The molecule has 0 saturated carbocycles. The molecule has 36 heavy (non-hydrogen) atoms. The number of hydrogen-bond acceptors (Lipinski definition) is 8. The predicted molar refractivity (Wildman–Crippen MR) is 138 cm³/mol. The van der Waals surface area contributed by atoms with Crippen LogP contribution < -0.4 is 10.2 Å². The number of thioether (sulfide) groups is 1. The Hall–Kier alpha value is -4.44. The van der Waals surface area contributed by atoms with Crippen LogP contribution in [0.4, 0.5) is 0 Å². The molecule has 1 aromatic heterocycles. The van der Waals surface area contributed by atoms with Gasteiger partial charge in [-0.05, 0) is 54.1 Å². The van der Waals surface area contributed by atoms with E-state index in [0.717, 1.165) is 22.6 Å². The molecule has 4 aromatic rings. The molecule has 1 amide bonds. The molecule has 0 unspecified atom stereocenters. The van der Waals surface area contributed by atoms with E-state index in [1.165, 1.54) is 25.1 Å². The van der Waals surface area contributed by atoms with Crippen LogP contribution in [-0.4, -0.2) is 52.8 Å². The number of nitrogens with one attached hydrogen (secondary N) is 1. The van der Waals surface area contributed by atoms with Crippen LogP contribution in [-0.2, 0) is 9.53 Å². The number of ether oxygens (including phenoxy) is 2. The SMILES string of the molecule is COC(=O)c1ccc(/C=N\NC(=O)CSc2nnc(-c3ccc(OC)cc3)n2-c2ccccc2)cc1. The smallest absolute Gasteiger partial charge is 0.337 e. The molecular formula is C26H23N5O4S. The van der Waals surface area contributed by atoms with Gasteiger partial charge in [0.05, 0.1) is 31.8 Å². The van der Waals surface area contributed by atoms with Crippen molar-refractivity contribution in [1.82, 2.24) is 20.2 Å². The highest BCUT2D eigenvalue weighted by Gasteiger charge is 2.17. The lowest BCUT2D eigenvalue weighted by Crippen LogP contribution is -2.20. The number of carbonyl (C=O) groups is 2. The Kier molecular flexibility index (Phi) is 8.09. The molecule has 0 aliphatic carbocycles. The summed E-state index contributed by atoms with van der Waals surface area (Å²) in [6.45, 7) is 0. The third-order valence-corrected chi connectivity index (χ3v) is 5.99. The van der Waals surface area contributed by atoms with E-state index < -0.39 is 5.97 Å². The van der Waals surface area contributed by atoms with Crippen molar-refractivity contribution in [3.63, 3.8) is 0 Å². The van der Waals surface area contributed by atoms with E-state index in [-0.39, 0.29) is 11.7 Å². The summed E-state index contributed by atoms with van der Waals surface area (Å²) >= 11 is 1.25. The van der Waals surface area contributed by atoms with E-state index in [0.29, 0.717) is 16.5 Å². The van der Waals surface area contributed by atoms with Gasteiger partial charge >= 0.3 is 5.97 Å². The van der Waals surface area contributed by atoms with E-state index in [1.54, 1.807) is 31.4 Å². The second-order valence-corrected chi connectivity index (χ2v) is 8.34. The van der Waals surface area contributed by atoms with Gasteiger partial charge in [0.15, 0.2) is 11.0 Å². The molecule has 0 aliphatic heterocycles. The van der Waals surface area contributed by atoms with Crippen LogP contribution in [0.3, 0.4) is 0 Å². The van der Waals surface area contributed by atoms with Crippen LogP contribution in [0, 0.1) is 0 Å². The van der Waals surface area contributed by atoms with Crippen molar-refractivity contribution in [2.75, 3.05) is 20.0 Å². The van der Waals surface area contributed by atoms with Gasteiger partial charge in [-0.1, -0.05) is 42.1 Å². The quantitative estimate of drug-likeness (QED) is 0.160. The van der Waals surface area contributed by atoms with Crippen LogP contribution in [0.2, 0.25) is 0 Å². The molecule has 0 atom stereocenters. The molecule has 0 radical (unpaired) electrons. The lowest BCUT2D eigenvalue weighted by atomic mass is 10.1. The van der Waals surface area contributed by atoms with Crippen molar-refractivity contribution in [3.05, 3.63) is 90.0 Å². The molecule has 1 heterocycles. The predicted octanol–water partition coefficient (Wildman–Crippen LogP) is 3.97. The molecule has 9 nitrogen and oxygen atoms in total. The van der Waals surface area contributed by atoms with Gasteiger partial charge in [0, 0.05) is 11.3 Å². The maximum absolute atomic E-state index is 12.4. The van der Waals surface area contributed by atoms with Gasteiger partial charge in [-0.3, -0.25) is 9.36 Å². The Bertz CT molecular complexity index is 1350. The standard InChI is InChI=1S/C26H23N5O4S/c1-34-22-14-12-19(13-15-22)24-29-30-26(31(24)21-6-4-3-5-7-21)36-17-23(32)28-27-16-18-8-10-20(11-9-18)25(33)35-2/h3-16H,17H2,1-2H3,(H,28,32)/b27-16-. The van der Waals surface area contributed by atoms with E-state index >= 15 is 0 Å². The molecule has 1 N–H and O–H groups in total. The average Bonchev–Trinajstić information content (AvgIpc) is 3.36. The number of carbonyl (C=O) groups excluding carboxylic acids is 2. The lowest BCUT2D eigenvalue weighted by Gasteiger charge is -2.10. The molecule has 0 bridgehead atoms. The van der Waals surface area contributed by atoms with Crippen molar-refractivity contribution in [1.29, 1.82) is 0 Å². The van der Waals surface area contributed by atoms with Crippen molar-refractivity contribution < 1.29 is 19.1 Å². The van der Waals surface area contributed by atoms with Crippen LogP contribution in [0.25, 0.3) is 17.1 Å². The number of rotatable bonds is 9. The van der Waals surface area contributed by atoms with Crippen LogP contribution in [0.15, 0.2) is 89.1 Å². The van der Waals surface area contributed by atoms with Crippen LogP contribution in [0.5, 0.6) is 5.75 Å². The number of amides is 1. The third-order valence-electron chi connectivity index (χ3n) is 5.06. The second-order valence-electron chi connectivity index (χ2n) is 7.40. The zero-order chi connectivity index (χ0) is 25.3. The molecule has 0 saturated heterocycles. The van der Waals surface area contributed by atoms with Gasteiger partial charge < -0.3 is 9.47 Å². The summed E-state index contributed by atoms with van der Waals surface area (Å²) in [6, 6.07) is 23.9. The summed E-state index contributed by atoms with van der Waals surface area (Å²) in [4.78, 5) is 23.9. The minimum atomic E-state index is -0.415. The first-order chi connectivity index (χ1) is 17.6. The fraction of sp³-hybridized carbons (Fsp3) is 0.115. The molecule has 4 rings (SSSR count). The summed E-state index contributed by atoms with van der Waals surface area (Å²) in [6.07, 6.45) is 1.50. The van der Waals surface area contributed by atoms with Gasteiger partial charge in [-0.15, -0.1) is 10.2 Å². The highest BCUT2D eigenvalue weighted by Crippen LogP contribution is 2.28. The largest absolute Gasteiger partial charge is 0.497 e. The number of para-hydroxylation sites is 1. The number of methoxy groups -OCH3 is 2. The van der Waals surface area contributed by atoms with Crippen molar-refractivity contribution in [3.8, 4) is 22.8 Å². The maximum Gasteiger partial charge on any atom is 0.337 e. The first-order valence-electron chi connectivity index (χ1n) is 10.9. The van der Waals surface area contributed by atoms with Gasteiger partial charge in [0.1, 0.15) is 5.75 Å². The molecule has 10 heteroatoms. The van der Waals surface area contributed by atoms with Crippen molar-refractivity contribution in [2.45, 2.75) is 5.16 Å². The zero-order valence-corrected chi connectivity index (χ0v) is 20.4. The van der Waals surface area contributed by atoms with Gasteiger partial charge in [0.2, 0.25) is 0 Å². The van der Waals surface area contributed by atoms with Crippen LogP contribution in [0.1, 0.15) is 15.9 Å². The first-order valence-corrected chi connectivity index (χ1v) is 11.9. The number of hydrazone groups is 1. The summed E-state index contributed by atoms with van der Waals surface area (Å²) in [5.41, 5.74) is 5.42. The molecule has 3 aromatic carbocycles. The number of benzene rings is 3. The molecule has 0 aliphatic rings. The fourth-order valence-electron chi connectivity index (χ4n) is 3.26. The summed E-state index contributed by atoms with van der Waals surface area (Å²) in [5.74, 6) is 0.779. The third kappa shape index (κ3) is 5.97. The first kappa shape index (κ1) is 24.7. The Morgan fingerprint density at radius 1 is 0.972 bits per heavy atom. The highest BCUT2D eigenvalue weighted by molar-refractivity contribution is 7.99. The number of esters is 1. The van der Waals surface area contributed by atoms with E-state index in [1.807, 2.05) is 59.2 Å². The van der Waals surface area contributed by atoms with E-state index in [9.17, 15) is 9.59 Å². The lowest BCUT2D eigenvalue weighted by molar-refractivity contribution is -0.118. The Morgan fingerprint density at radius 3 is 2.36 bits per heavy atom. The maximum atomic E-state index is 12.4. The number of aromatic nitrogens is 3. The number of nitrogens with zero attached hydrogens (tertiary/aromatic N) is 4. The Morgan fingerprint density at radius 2 is 1.69 bits per heavy atom. The topological polar surface area (TPSA) is 108 Å². The number of hydrogen-bond donors (Lipinski definition) is 1. The molecule has 0 spiro atoms. The zero-order valence-electron chi connectivity index (χ0n) is 19.6. The molecular weight excluding hydrogens is 478 g/mol. The van der Waals surface area contributed by atoms with E-state index in [4.69, 9.17) is 4.74 Å². The van der Waals surface area contributed by atoms with Gasteiger partial charge in [-0.25, -0.2) is 10.2 Å². The second kappa shape index (κ2) is 11.8. The van der Waals surface area contributed by atoms with Crippen molar-refractivity contribution >= 4 is 29.9 Å². The Labute approximate surface area is 212 Å². The minimum absolute atomic E-state index is 0.0895. The Balaban J connectivity index is 1.44. The molecule has 0 fully saturated rings. The van der Waals surface area contributed by atoms with Gasteiger partial charge in [0.25, 0.3) is 5.91 Å². The highest BCUT2D eigenvalue weighted by atomic mass is 32.2. The summed E-state index contributed by atoms with van der Waals surface area (Å²) in [5, 5.41) is 13.3. The fourth-order valence-corrected chi connectivity index (χ4v) is 4.01. The molecule has 182 valence electrons.